The average molecular weight is 396 g/mol. The summed E-state index contributed by atoms with van der Waals surface area (Å²) < 4.78 is 1.98. The summed E-state index contributed by atoms with van der Waals surface area (Å²) in [5, 5.41) is 14.6. The highest BCUT2D eigenvalue weighted by molar-refractivity contribution is 5.96. The topological polar surface area (TPSA) is 69.5 Å². The highest BCUT2D eigenvalue weighted by atomic mass is 15.3. The Labute approximate surface area is 173 Å². The summed E-state index contributed by atoms with van der Waals surface area (Å²) in [4.78, 5) is 7.24. The van der Waals surface area contributed by atoms with Gasteiger partial charge in [0.15, 0.2) is 5.65 Å². The maximum absolute atomic E-state index is 4.87. The van der Waals surface area contributed by atoms with Crippen molar-refractivity contribution in [3.05, 3.63) is 30.1 Å². The molecule has 0 unspecified atom stereocenters. The minimum absolute atomic E-state index is 0.875. The van der Waals surface area contributed by atoms with E-state index in [0.29, 0.717) is 0 Å². The van der Waals surface area contributed by atoms with Gasteiger partial charge in [0.1, 0.15) is 5.82 Å². The highest BCUT2D eigenvalue weighted by Gasteiger charge is 2.20. The number of hydrogen-bond donors (Lipinski definition) is 3. The maximum Gasteiger partial charge on any atom is 0.165 e. The van der Waals surface area contributed by atoms with Gasteiger partial charge < -0.3 is 20.9 Å². The molecule has 0 saturated heterocycles. The second kappa shape index (κ2) is 9.03. The van der Waals surface area contributed by atoms with E-state index in [9.17, 15) is 0 Å². The lowest BCUT2D eigenvalue weighted by molar-refractivity contribution is 0.709. The molecule has 3 rings (SSSR count). The predicted octanol–water partition coefficient (Wildman–Crippen LogP) is 4.46. The Morgan fingerprint density at radius 3 is 2.24 bits per heavy atom. The van der Waals surface area contributed by atoms with Crippen molar-refractivity contribution in [1.82, 2.24) is 14.6 Å². The number of aryl methyl sites for hydroxylation is 1. The first kappa shape index (κ1) is 20.8. The Kier molecular flexibility index (Phi) is 6.46. The summed E-state index contributed by atoms with van der Waals surface area (Å²) in [6.45, 7) is 8.42. The smallest absolute Gasteiger partial charge is 0.165 e. The third-order valence-electron chi connectivity index (χ3n) is 5.30. The number of hydrogen-bond acceptors (Lipinski definition) is 6. The van der Waals surface area contributed by atoms with E-state index in [1.807, 2.05) is 31.9 Å². The van der Waals surface area contributed by atoms with Gasteiger partial charge in [0.25, 0.3) is 0 Å². The van der Waals surface area contributed by atoms with Gasteiger partial charge in [0, 0.05) is 68.6 Å². The molecule has 0 fully saturated rings. The minimum atomic E-state index is 0.875. The molecule has 2 aromatic heterocycles. The molecule has 0 saturated carbocycles. The molecular formula is C22H33N7. The van der Waals surface area contributed by atoms with Crippen LogP contribution in [0.2, 0.25) is 0 Å². The number of nitrogens with zero attached hydrogens (tertiary/aromatic N) is 4. The molecule has 7 heteroatoms. The number of benzene rings is 1. The van der Waals surface area contributed by atoms with Crippen LogP contribution < -0.4 is 20.9 Å². The van der Waals surface area contributed by atoms with E-state index in [1.165, 1.54) is 6.42 Å². The van der Waals surface area contributed by atoms with Crippen LogP contribution in [0.4, 0.5) is 22.9 Å². The molecular weight excluding hydrogens is 362 g/mol. The average Bonchev–Trinajstić information content (AvgIpc) is 3.16. The lowest BCUT2D eigenvalue weighted by Gasteiger charge is -2.23. The van der Waals surface area contributed by atoms with Crippen LogP contribution in [0.5, 0.6) is 0 Å². The zero-order chi connectivity index (χ0) is 21.0. The van der Waals surface area contributed by atoms with Crippen molar-refractivity contribution in [3.8, 4) is 11.1 Å². The van der Waals surface area contributed by atoms with Crippen molar-refractivity contribution in [1.29, 1.82) is 0 Å². The van der Waals surface area contributed by atoms with Crippen LogP contribution in [0.25, 0.3) is 16.8 Å². The second-order valence-corrected chi connectivity index (χ2v) is 7.18. The molecule has 0 amide bonds. The fourth-order valence-electron chi connectivity index (χ4n) is 3.72. The van der Waals surface area contributed by atoms with Crippen molar-refractivity contribution in [2.75, 3.05) is 55.1 Å². The zero-order valence-electron chi connectivity index (χ0n) is 18.4. The van der Waals surface area contributed by atoms with Gasteiger partial charge in [-0.1, -0.05) is 13.3 Å². The molecule has 0 aliphatic heterocycles. The summed E-state index contributed by atoms with van der Waals surface area (Å²) in [6, 6.07) is 6.34. The van der Waals surface area contributed by atoms with Crippen LogP contribution in [0.15, 0.2) is 24.4 Å². The lowest BCUT2D eigenvalue weighted by atomic mass is 10.0. The van der Waals surface area contributed by atoms with E-state index >= 15 is 0 Å². The summed E-state index contributed by atoms with van der Waals surface area (Å²) in [5.74, 6) is 1.10. The van der Waals surface area contributed by atoms with Gasteiger partial charge in [-0.25, -0.2) is 4.98 Å². The van der Waals surface area contributed by atoms with E-state index < -0.39 is 0 Å². The van der Waals surface area contributed by atoms with E-state index in [2.05, 4.69) is 59.8 Å². The SMILES string of the molecule is CCCCN(CC)c1cc(C)nc2c(-c3c(NC)cc(NC)cc3NC)cnn12. The number of anilines is 4. The van der Waals surface area contributed by atoms with Gasteiger partial charge in [-0.3, -0.25) is 0 Å². The molecule has 0 radical (unpaired) electrons. The lowest BCUT2D eigenvalue weighted by Crippen LogP contribution is -2.26. The van der Waals surface area contributed by atoms with Crippen LogP contribution in [-0.4, -0.2) is 48.8 Å². The zero-order valence-corrected chi connectivity index (χ0v) is 18.4. The number of fused-ring (bicyclic) bond motifs is 1. The normalized spacial score (nSPS) is 11.0. The number of nitrogens with one attached hydrogen (secondary N) is 3. The Bertz CT molecular complexity index is 952. The maximum atomic E-state index is 4.87. The molecule has 0 spiro atoms. The van der Waals surface area contributed by atoms with Crippen molar-refractivity contribution in [2.45, 2.75) is 33.6 Å². The molecule has 3 N–H and O–H groups in total. The monoisotopic (exact) mass is 395 g/mol. The number of unbranched alkanes of at least 4 members (excludes halogenated alkanes) is 1. The molecule has 156 valence electrons. The van der Waals surface area contributed by atoms with Crippen LogP contribution in [0, 0.1) is 6.92 Å². The number of rotatable bonds is 9. The van der Waals surface area contributed by atoms with Gasteiger partial charge >= 0.3 is 0 Å². The molecule has 0 atom stereocenters. The summed E-state index contributed by atoms with van der Waals surface area (Å²) in [5.41, 5.74) is 7.05. The van der Waals surface area contributed by atoms with Crippen molar-refractivity contribution >= 4 is 28.5 Å². The van der Waals surface area contributed by atoms with Gasteiger partial charge in [-0.05, 0) is 32.4 Å². The van der Waals surface area contributed by atoms with E-state index in [0.717, 1.165) is 64.9 Å². The summed E-state index contributed by atoms with van der Waals surface area (Å²) in [6.07, 6.45) is 4.25. The molecule has 2 heterocycles. The van der Waals surface area contributed by atoms with E-state index in [4.69, 9.17) is 10.1 Å². The van der Waals surface area contributed by atoms with Gasteiger partial charge in [-0.15, -0.1) is 0 Å². The third-order valence-corrected chi connectivity index (χ3v) is 5.30. The predicted molar refractivity (Wildman–Crippen MR) is 125 cm³/mol. The Hall–Kier alpha value is -2.96. The minimum Gasteiger partial charge on any atom is -0.388 e. The Morgan fingerprint density at radius 1 is 1.00 bits per heavy atom. The van der Waals surface area contributed by atoms with Crippen LogP contribution in [0.3, 0.4) is 0 Å². The standard InChI is InChI=1S/C22H33N7/c1-7-9-10-28(8-2)20-11-15(3)27-22-17(14-26-29(20)22)21-18(24-5)12-16(23-4)13-19(21)25-6/h11-14,23-25H,7-10H2,1-6H3. The Balaban J connectivity index is 2.23. The van der Waals surface area contributed by atoms with Crippen LogP contribution >= 0.6 is 0 Å². The highest BCUT2D eigenvalue weighted by Crippen LogP contribution is 2.40. The van der Waals surface area contributed by atoms with Gasteiger partial charge in [-0.2, -0.15) is 9.61 Å². The van der Waals surface area contributed by atoms with Crippen LogP contribution in [0.1, 0.15) is 32.4 Å². The Morgan fingerprint density at radius 2 is 1.69 bits per heavy atom. The molecule has 7 nitrogen and oxygen atoms in total. The van der Waals surface area contributed by atoms with Crippen molar-refractivity contribution in [2.24, 2.45) is 0 Å². The molecule has 3 aromatic rings. The molecule has 29 heavy (non-hydrogen) atoms. The molecule has 0 bridgehead atoms. The first-order valence-corrected chi connectivity index (χ1v) is 10.4. The first-order valence-electron chi connectivity index (χ1n) is 10.4. The van der Waals surface area contributed by atoms with Crippen molar-refractivity contribution in [3.63, 3.8) is 0 Å². The number of aromatic nitrogens is 3. The fraction of sp³-hybridized carbons (Fsp3) is 0.455. The van der Waals surface area contributed by atoms with Crippen LogP contribution in [-0.2, 0) is 0 Å². The second-order valence-electron chi connectivity index (χ2n) is 7.18. The van der Waals surface area contributed by atoms with Crippen molar-refractivity contribution < 1.29 is 0 Å². The van der Waals surface area contributed by atoms with E-state index in [1.54, 1.807) is 0 Å². The third kappa shape index (κ3) is 3.95. The molecule has 0 aliphatic rings. The summed E-state index contributed by atoms with van der Waals surface area (Å²) in [7, 11) is 5.81. The fourth-order valence-corrected chi connectivity index (χ4v) is 3.72. The molecule has 0 aliphatic carbocycles. The largest absolute Gasteiger partial charge is 0.388 e. The van der Waals surface area contributed by atoms with Gasteiger partial charge in [0.05, 0.1) is 11.8 Å². The summed E-state index contributed by atoms with van der Waals surface area (Å²) >= 11 is 0. The quantitative estimate of drug-likeness (QED) is 0.497. The first-order chi connectivity index (χ1) is 14.1. The van der Waals surface area contributed by atoms with Gasteiger partial charge in [0.2, 0.25) is 0 Å². The van der Waals surface area contributed by atoms with E-state index in [-0.39, 0.29) is 0 Å². The molecule has 1 aromatic carbocycles.